The fraction of sp³-hybridized carbons (Fsp3) is 0.241. The zero-order valence-electron chi connectivity index (χ0n) is 20.2. The molecule has 0 bridgehead atoms. The average molecular weight is 470 g/mol. The van der Waals surface area contributed by atoms with E-state index < -0.39 is 11.9 Å². The molecule has 6 heteroatoms. The highest BCUT2D eigenvalue weighted by atomic mass is 16.5. The molecule has 0 unspecified atom stereocenters. The largest absolute Gasteiger partial charge is 0.494 e. The van der Waals surface area contributed by atoms with Gasteiger partial charge in [0.1, 0.15) is 11.5 Å². The zero-order chi connectivity index (χ0) is 24.7. The van der Waals surface area contributed by atoms with Crippen LogP contribution in [0.25, 0.3) is 16.5 Å². The van der Waals surface area contributed by atoms with Crippen LogP contribution < -0.4 is 14.8 Å². The number of ether oxygens (including phenoxy) is 3. The summed E-state index contributed by atoms with van der Waals surface area (Å²) in [4.78, 5) is 27.0. The van der Waals surface area contributed by atoms with Crippen LogP contribution in [-0.2, 0) is 9.53 Å². The van der Waals surface area contributed by atoms with Crippen molar-refractivity contribution in [3.8, 4) is 11.5 Å². The van der Waals surface area contributed by atoms with Crippen LogP contribution in [0.1, 0.15) is 48.2 Å². The van der Waals surface area contributed by atoms with E-state index in [0.717, 1.165) is 27.6 Å². The number of benzene rings is 3. The monoisotopic (exact) mass is 469 g/mol. The van der Waals surface area contributed by atoms with E-state index in [1.165, 1.54) is 7.11 Å². The minimum absolute atomic E-state index is 0.109. The van der Waals surface area contributed by atoms with Gasteiger partial charge in [0.15, 0.2) is 5.78 Å². The number of esters is 1. The van der Waals surface area contributed by atoms with Gasteiger partial charge < -0.3 is 19.5 Å². The van der Waals surface area contributed by atoms with Gasteiger partial charge in [-0.05, 0) is 49.7 Å². The highest BCUT2D eigenvalue weighted by Crippen LogP contribution is 2.50. The second kappa shape index (κ2) is 8.95. The van der Waals surface area contributed by atoms with Crippen LogP contribution in [0.5, 0.6) is 11.5 Å². The maximum absolute atomic E-state index is 13.8. The standard InChI is InChI=1S/C29H27NO5/c1-5-34-18-13-11-17-12-14-22(35-6-2)24(21(17)15-18)25-23(29(32)33-4)16(3)30-27-19-9-7-8-10-20(19)28(31)26(25)27/h7-15,25,30H,5-6H2,1-4H3/t25-/m0/s1. The zero-order valence-corrected chi connectivity index (χ0v) is 20.2. The number of nitrogens with one attached hydrogen (secondary N) is 1. The van der Waals surface area contributed by atoms with E-state index in [9.17, 15) is 9.59 Å². The summed E-state index contributed by atoms with van der Waals surface area (Å²) in [6.07, 6.45) is 0. The van der Waals surface area contributed by atoms with Crippen LogP contribution in [0, 0.1) is 0 Å². The second-order valence-corrected chi connectivity index (χ2v) is 8.48. The Balaban J connectivity index is 1.86. The summed E-state index contributed by atoms with van der Waals surface area (Å²) in [5, 5.41) is 5.15. The molecule has 3 aromatic rings. The molecule has 3 aromatic carbocycles. The number of Topliss-reactive ketones (excluding diaryl/α,β-unsaturated/α-hetero) is 1. The number of allylic oxidation sites excluding steroid dienone is 2. The Morgan fingerprint density at radius 3 is 2.40 bits per heavy atom. The molecule has 0 saturated heterocycles. The van der Waals surface area contributed by atoms with Gasteiger partial charge in [-0.25, -0.2) is 4.79 Å². The van der Waals surface area contributed by atoms with Gasteiger partial charge in [-0.1, -0.05) is 36.4 Å². The van der Waals surface area contributed by atoms with Crippen molar-refractivity contribution in [2.24, 2.45) is 0 Å². The van der Waals surface area contributed by atoms with E-state index in [-0.39, 0.29) is 5.78 Å². The number of fused-ring (bicyclic) bond motifs is 3. The Morgan fingerprint density at radius 1 is 0.971 bits per heavy atom. The molecule has 0 saturated carbocycles. The van der Waals surface area contributed by atoms with Crippen molar-refractivity contribution in [3.05, 3.63) is 88.1 Å². The molecular formula is C29H27NO5. The van der Waals surface area contributed by atoms with Gasteiger partial charge in [0.05, 0.1) is 37.5 Å². The Morgan fingerprint density at radius 2 is 1.69 bits per heavy atom. The summed E-state index contributed by atoms with van der Waals surface area (Å²) >= 11 is 0. The van der Waals surface area contributed by atoms with E-state index >= 15 is 0 Å². The molecular weight excluding hydrogens is 442 g/mol. The molecule has 1 aliphatic carbocycles. The van der Waals surface area contributed by atoms with Crippen LogP contribution in [0.3, 0.4) is 0 Å². The molecule has 0 spiro atoms. The molecule has 1 aliphatic heterocycles. The molecule has 1 N–H and O–H groups in total. The SMILES string of the molecule is CCOc1ccc2ccc(OCC)c([C@@H]3C(C(=O)OC)=C(C)NC4=C3C(=O)c3ccccc34)c2c1. The van der Waals surface area contributed by atoms with Gasteiger partial charge in [0, 0.05) is 28.0 Å². The molecule has 0 radical (unpaired) electrons. The molecule has 5 rings (SSSR count). The summed E-state index contributed by atoms with van der Waals surface area (Å²) in [5.41, 5.74) is 4.47. The Labute approximate surface area is 204 Å². The van der Waals surface area contributed by atoms with Crippen LogP contribution in [0.15, 0.2) is 71.4 Å². The van der Waals surface area contributed by atoms with Gasteiger partial charge in [-0.2, -0.15) is 0 Å². The summed E-state index contributed by atoms with van der Waals surface area (Å²) in [6.45, 7) is 6.64. The topological polar surface area (TPSA) is 73.9 Å². The van der Waals surface area contributed by atoms with E-state index in [4.69, 9.17) is 14.2 Å². The van der Waals surface area contributed by atoms with E-state index in [0.29, 0.717) is 47.1 Å². The maximum Gasteiger partial charge on any atom is 0.336 e. The number of carbonyl (C=O) groups is 2. The lowest BCUT2D eigenvalue weighted by Crippen LogP contribution is -2.29. The summed E-state index contributed by atoms with van der Waals surface area (Å²) in [7, 11) is 1.36. The van der Waals surface area contributed by atoms with Crippen molar-refractivity contribution >= 4 is 28.2 Å². The van der Waals surface area contributed by atoms with Crippen molar-refractivity contribution in [1.29, 1.82) is 0 Å². The van der Waals surface area contributed by atoms with Crippen molar-refractivity contribution in [2.45, 2.75) is 26.7 Å². The lowest BCUT2D eigenvalue weighted by atomic mass is 9.77. The predicted molar refractivity (Wildman–Crippen MR) is 135 cm³/mol. The van der Waals surface area contributed by atoms with Crippen molar-refractivity contribution < 1.29 is 23.8 Å². The number of hydrogen-bond acceptors (Lipinski definition) is 6. The van der Waals surface area contributed by atoms with Crippen LogP contribution in [0.2, 0.25) is 0 Å². The number of methoxy groups -OCH3 is 1. The fourth-order valence-electron chi connectivity index (χ4n) is 5.14. The Kier molecular flexibility index (Phi) is 5.81. The predicted octanol–water partition coefficient (Wildman–Crippen LogP) is 5.38. The number of carbonyl (C=O) groups excluding carboxylic acids is 2. The van der Waals surface area contributed by atoms with Gasteiger partial charge in [0.2, 0.25) is 0 Å². The molecule has 1 atom stereocenters. The Hall–Kier alpha value is -4.06. The quantitative estimate of drug-likeness (QED) is 0.489. The lowest BCUT2D eigenvalue weighted by Gasteiger charge is -2.31. The normalized spacial score (nSPS) is 16.7. The average Bonchev–Trinajstić information content (AvgIpc) is 3.15. The summed E-state index contributed by atoms with van der Waals surface area (Å²) in [5.74, 6) is 0.0450. The maximum atomic E-state index is 13.8. The first-order valence-corrected chi connectivity index (χ1v) is 11.8. The second-order valence-electron chi connectivity index (χ2n) is 8.48. The summed E-state index contributed by atoms with van der Waals surface area (Å²) < 4.78 is 17.1. The molecule has 178 valence electrons. The van der Waals surface area contributed by atoms with Crippen LogP contribution >= 0.6 is 0 Å². The van der Waals surface area contributed by atoms with Crippen molar-refractivity contribution in [2.75, 3.05) is 20.3 Å². The fourth-order valence-corrected chi connectivity index (χ4v) is 5.14. The van der Waals surface area contributed by atoms with Gasteiger partial charge >= 0.3 is 5.97 Å². The van der Waals surface area contributed by atoms with Crippen molar-refractivity contribution in [1.82, 2.24) is 5.32 Å². The number of dihydropyridines is 1. The number of ketones is 1. The third-order valence-corrected chi connectivity index (χ3v) is 6.55. The summed E-state index contributed by atoms with van der Waals surface area (Å²) in [6, 6.07) is 17.2. The lowest BCUT2D eigenvalue weighted by molar-refractivity contribution is -0.136. The van der Waals surface area contributed by atoms with Crippen LogP contribution in [0.4, 0.5) is 0 Å². The van der Waals surface area contributed by atoms with Gasteiger partial charge in [0.25, 0.3) is 0 Å². The van der Waals surface area contributed by atoms with Crippen LogP contribution in [-0.4, -0.2) is 32.1 Å². The molecule has 35 heavy (non-hydrogen) atoms. The third kappa shape index (κ3) is 3.57. The minimum atomic E-state index is -0.680. The van der Waals surface area contributed by atoms with E-state index in [2.05, 4.69) is 5.32 Å². The highest BCUT2D eigenvalue weighted by molar-refractivity contribution is 6.23. The van der Waals surface area contributed by atoms with Gasteiger partial charge in [-0.15, -0.1) is 0 Å². The van der Waals surface area contributed by atoms with E-state index in [1.807, 2.05) is 75.4 Å². The molecule has 0 fully saturated rings. The van der Waals surface area contributed by atoms with E-state index in [1.54, 1.807) is 0 Å². The molecule has 0 amide bonds. The minimum Gasteiger partial charge on any atom is -0.494 e. The number of rotatable bonds is 6. The molecule has 0 aromatic heterocycles. The number of hydrogen-bond donors (Lipinski definition) is 1. The van der Waals surface area contributed by atoms with Gasteiger partial charge in [-0.3, -0.25) is 4.79 Å². The first kappa shape index (κ1) is 22.7. The third-order valence-electron chi connectivity index (χ3n) is 6.55. The highest BCUT2D eigenvalue weighted by Gasteiger charge is 2.44. The molecule has 6 nitrogen and oxygen atoms in total. The first-order chi connectivity index (χ1) is 17.0. The first-order valence-electron chi connectivity index (χ1n) is 11.8. The molecule has 2 aliphatic rings. The molecule has 1 heterocycles. The Bertz CT molecular complexity index is 1430. The smallest absolute Gasteiger partial charge is 0.336 e. The van der Waals surface area contributed by atoms with Crippen molar-refractivity contribution in [3.63, 3.8) is 0 Å².